The SMILES string of the molecule is CC1(C)O[C@H]2CC(=O)OC[C@]23[C@H]2CC[C@@]4(C)[C@H](c5ccoc5CCCCCCCO)OC(=O)[C@H]5O[C@]54[C@@]24CC=C[C@@]13C(=O)[C@H]4O. The Morgan fingerprint density at radius 1 is 0.978 bits per heavy atom. The molecule has 0 unspecified atom stereocenters. The zero-order chi connectivity index (χ0) is 31.6. The van der Waals surface area contributed by atoms with Crippen molar-refractivity contribution in [1.29, 1.82) is 0 Å². The Labute approximate surface area is 262 Å². The molecule has 1 aromatic heterocycles. The van der Waals surface area contributed by atoms with Crippen LogP contribution in [0.15, 0.2) is 28.9 Å². The normalized spacial score (nSPS) is 46.7. The molecule has 5 heterocycles. The van der Waals surface area contributed by atoms with E-state index in [1.165, 1.54) is 0 Å². The first-order chi connectivity index (χ1) is 21.5. The van der Waals surface area contributed by atoms with Crippen LogP contribution in [0.3, 0.4) is 0 Å². The third-order valence-corrected chi connectivity index (χ3v) is 13.5. The number of esters is 2. The molecular weight excluding hydrogens is 580 g/mol. The lowest BCUT2D eigenvalue weighted by Crippen LogP contribution is -2.79. The van der Waals surface area contributed by atoms with Gasteiger partial charge in [0.15, 0.2) is 11.9 Å². The molecule has 4 aliphatic heterocycles. The quantitative estimate of drug-likeness (QED) is 0.189. The van der Waals surface area contributed by atoms with E-state index in [4.69, 9.17) is 28.5 Å². The van der Waals surface area contributed by atoms with Gasteiger partial charge in [0.2, 0.25) is 0 Å². The van der Waals surface area contributed by atoms with Crippen molar-refractivity contribution in [2.24, 2.45) is 27.6 Å². The average molecular weight is 625 g/mol. The van der Waals surface area contributed by atoms with Crippen molar-refractivity contribution in [2.75, 3.05) is 13.2 Å². The van der Waals surface area contributed by atoms with Crippen LogP contribution in [0.25, 0.3) is 0 Å². The molecule has 10 nitrogen and oxygen atoms in total. The summed E-state index contributed by atoms with van der Waals surface area (Å²) in [5, 5.41) is 21.5. The first-order valence-corrected chi connectivity index (χ1v) is 16.8. The molecule has 6 fully saturated rings. The van der Waals surface area contributed by atoms with E-state index in [-0.39, 0.29) is 37.3 Å². The Morgan fingerprint density at radius 2 is 1.76 bits per heavy atom. The number of ether oxygens (including phenoxy) is 4. The van der Waals surface area contributed by atoms with Crippen molar-refractivity contribution in [3.63, 3.8) is 0 Å². The highest BCUT2D eigenvalue weighted by atomic mass is 16.7. The molecule has 10 atom stereocenters. The van der Waals surface area contributed by atoms with Crippen molar-refractivity contribution < 1.29 is 48.0 Å². The van der Waals surface area contributed by atoms with Crippen molar-refractivity contribution >= 4 is 17.7 Å². The Balaban J connectivity index is 1.23. The van der Waals surface area contributed by atoms with Gasteiger partial charge in [-0.05, 0) is 57.9 Å². The smallest absolute Gasteiger partial charge is 0.339 e. The van der Waals surface area contributed by atoms with Crippen molar-refractivity contribution in [3.8, 4) is 0 Å². The molecule has 45 heavy (non-hydrogen) atoms. The van der Waals surface area contributed by atoms with Gasteiger partial charge in [0.25, 0.3) is 0 Å². The first kappa shape index (κ1) is 29.8. The van der Waals surface area contributed by atoms with Crippen LogP contribution in [-0.4, -0.2) is 70.7 Å². The highest BCUT2D eigenvalue weighted by molar-refractivity contribution is 5.97. The zero-order valence-electron chi connectivity index (χ0n) is 26.3. The van der Waals surface area contributed by atoms with Crippen molar-refractivity contribution in [3.05, 3.63) is 35.8 Å². The van der Waals surface area contributed by atoms with Gasteiger partial charge in [-0.1, -0.05) is 38.3 Å². The third kappa shape index (κ3) is 3.23. The van der Waals surface area contributed by atoms with Gasteiger partial charge in [-0.2, -0.15) is 0 Å². The lowest BCUT2D eigenvalue weighted by molar-refractivity contribution is -0.262. The number of epoxide rings is 1. The van der Waals surface area contributed by atoms with Gasteiger partial charge in [0.05, 0.1) is 35.2 Å². The lowest BCUT2D eigenvalue weighted by atomic mass is 9.33. The van der Waals surface area contributed by atoms with Crippen LogP contribution in [0.4, 0.5) is 0 Å². The number of rotatable bonds is 8. The summed E-state index contributed by atoms with van der Waals surface area (Å²) in [6, 6.07) is 1.88. The fourth-order valence-electron chi connectivity index (χ4n) is 11.8. The van der Waals surface area contributed by atoms with Crippen LogP contribution in [0.2, 0.25) is 0 Å². The molecule has 0 aromatic carbocycles. The Bertz CT molecular complexity index is 1480. The monoisotopic (exact) mass is 624 g/mol. The number of carbonyl (C=O) groups excluding carboxylic acids is 3. The molecule has 9 rings (SSSR count). The van der Waals surface area contributed by atoms with Crippen LogP contribution < -0.4 is 0 Å². The van der Waals surface area contributed by atoms with E-state index in [9.17, 15) is 19.5 Å². The number of carbonyl (C=O) groups is 3. The summed E-state index contributed by atoms with van der Waals surface area (Å²) in [5.74, 6) is -0.730. The topological polar surface area (TPSA) is 145 Å². The van der Waals surface area contributed by atoms with E-state index in [1.54, 1.807) is 6.26 Å². The number of Topliss-reactive ketones (excluding diaryl/α,β-unsaturated/α-hetero) is 1. The number of hydrogen-bond donors (Lipinski definition) is 2. The Hall–Kier alpha value is -2.53. The molecule has 1 aromatic rings. The summed E-state index contributed by atoms with van der Waals surface area (Å²) < 4.78 is 31.3. The molecule has 2 saturated carbocycles. The number of aryl methyl sites for hydroxylation is 1. The van der Waals surface area contributed by atoms with Crippen LogP contribution >= 0.6 is 0 Å². The number of allylic oxidation sites excluding steroid dienone is 1. The highest BCUT2D eigenvalue weighted by Gasteiger charge is 2.94. The predicted molar refractivity (Wildman–Crippen MR) is 156 cm³/mol. The second-order valence-electron chi connectivity index (χ2n) is 15.3. The molecular formula is C35H44O10. The maximum absolute atomic E-state index is 14.9. The summed E-state index contributed by atoms with van der Waals surface area (Å²) >= 11 is 0. The number of ketones is 1. The molecule has 2 bridgehead atoms. The van der Waals surface area contributed by atoms with Gasteiger partial charge < -0.3 is 33.6 Å². The van der Waals surface area contributed by atoms with E-state index >= 15 is 0 Å². The van der Waals surface area contributed by atoms with E-state index in [0.29, 0.717) is 25.7 Å². The van der Waals surface area contributed by atoms with Crippen LogP contribution in [0, 0.1) is 27.6 Å². The molecule has 4 saturated heterocycles. The van der Waals surface area contributed by atoms with E-state index in [0.717, 1.165) is 43.4 Å². The fraction of sp³-hybridized carbons (Fsp3) is 0.743. The number of aliphatic hydroxyl groups is 2. The number of cyclic esters (lactones) is 2. The predicted octanol–water partition coefficient (Wildman–Crippen LogP) is 3.90. The van der Waals surface area contributed by atoms with Gasteiger partial charge in [0.1, 0.15) is 30.2 Å². The maximum atomic E-state index is 14.9. The van der Waals surface area contributed by atoms with E-state index < -0.39 is 63.2 Å². The molecule has 0 radical (unpaired) electrons. The van der Waals surface area contributed by atoms with Crippen LogP contribution in [0.1, 0.15) is 96.0 Å². The first-order valence-electron chi connectivity index (χ1n) is 16.8. The number of aliphatic hydroxyl groups excluding tert-OH is 2. The van der Waals surface area contributed by atoms with Crippen molar-refractivity contribution in [2.45, 2.75) is 121 Å². The second-order valence-corrected chi connectivity index (χ2v) is 15.3. The molecule has 4 spiro atoms. The number of fused-ring (bicyclic) bond motifs is 2. The maximum Gasteiger partial charge on any atom is 0.339 e. The van der Waals surface area contributed by atoms with Gasteiger partial charge in [-0.25, -0.2) is 4.79 Å². The molecule has 244 valence electrons. The molecule has 2 N–H and O–H groups in total. The Morgan fingerprint density at radius 3 is 2.56 bits per heavy atom. The zero-order valence-corrected chi connectivity index (χ0v) is 26.3. The van der Waals surface area contributed by atoms with Crippen LogP contribution in [-0.2, 0) is 39.8 Å². The summed E-state index contributed by atoms with van der Waals surface area (Å²) in [5.41, 5.74) is -5.39. The molecule has 4 aliphatic carbocycles. The number of furan rings is 1. The average Bonchev–Trinajstić information content (AvgIpc) is 3.62. The minimum atomic E-state index is -1.42. The number of hydrogen-bond acceptors (Lipinski definition) is 10. The largest absolute Gasteiger partial charge is 0.469 e. The van der Waals surface area contributed by atoms with Gasteiger partial charge in [0, 0.05) is 29.4 Å². The van der Waals surface area contributed by atoms with E-state index in [2.05, 4.69) is 6.92 Å². The van der Waals surface area contributed by atoms with Crippen LogP contribution in [0.5, 0.6) is 0 Å². The third-order valence-electron chi connectivity index (χ3n) is 13.5. The standard InChI is InChI=1S/C35H44O10/c1-30(2)34-14-9-13-32(25(38)26(34)39)22(33(34)19-42-24(37)18-23(33)44-30)11-15-31(3)27(43-29(40)28-35(31,32)45-28)20-12-17-41-21(20)10-7-5-4-6-8-16-36/h9,12,14,17,22-23,25,27-28,36,38H,4-8,10-11,13,15-16,18-19H2,1-3H3/t22-,23-,25+,27-,28+,31-,32-,33-,34+,35+/m0/s1. The fourth-order valence-corrected chi connectivity index (χ4v) is 11.8. The highest BCUT2D eigenvalue weighted by Crippen LogP contribution is 2.84. The summed E-state index contributed by atoms with van der Waals surface area (Å²) in [6.45, 7) is 6.07. The van der Waals surface area contributed by atoms with Gasteiger partial charge in [-0.3, -0.25) is 9.59 Å². The Kier molecular flexibility index (Phi) is 6.31. The van der Waals surface area contributed by atoms with Gasteiger partial charge in [-0.15, -0.1) is 0 Å². The number of unbranched alkanes of at least 4 members (excludes halogenated alkanes) is 4. The molecule has 8 aliphatic rings. The van der Waals surface area contributed by atoms with Crippen molar-refractivity contribution in [1.82, 2.24) is 0 Å². The van der Waals surface area contributed by atoms with Gasteiger partial charge >= 0.3 is 11.9 Å². The second kappa shape index (κ2) is 9.52. The van der Waals surface area contributed by atoms with E-state index in [1.807, 2.05) is 32.1 Å². The minimum Gasteiger partial charge on any atom is -0.469 e. The summed E-state index contributed by atoms with van der Waals surface area (Å²) in [7, 11) is 0. The summed E-state index contributed by atoms with van der Waals surface area (Å²) in [4.78, 5) is 41.3. The minimum absolute atomic E-state index is 0.0185. The molecule has 10 heteroatoms. The summed E-state index contributed by atoms with van der Waals surface area (Å²) in [6.07, 6.45) is 8.98. The molecule has 0 amide bonds. The lowest BCUT2D eigenvalue weighted by Gasteiger charge is -2.68.